The molecule has 1 aliphatic carbocycles. The fraction of sp³-hybridized carbons (Fsp3) is 0.632. The molecular weight excluding hydrogens is 407 g/mol. The van der Waals surface area contributed by atoms with Crippen molar-refractivity contribution in [2.24, 2.45) is 10.7 Å². The van der Waals surface area contributed by atoms with Crippen molar-refractivity contribution in [1.29, 1.82) is 0 Å². The Morgan fingerprint density at radius 3 is 2.59 bits per heavy atom. The van der Waals surface area contributed by atoms with Gasteiger partial charge in [0.15, 0.2) is 6.10 Å². The summed E-state index contributed by atoms with van der Waals surface area (Å²) in [6.07, 6.45) is 7.89. The molecule has 1 saturated carbocycles. The minimum atomic E-state index is -0.147. The fourth-order valence-electron chi connectivity index (χ4n) is 3.49. The standard InChI is InChI=1S/C19H30N4O.3ClH/c1-3-6-18(22-15-7-4-5-8-15)21-12-14-9-10-17-16(11-14)23-19(20)13(2)24-17;;;/h9-11,13,15,18,21-22H,3-8,12H2,1-2H3,(H2,20,23);3*1H. The molecule has 0 amide bonds. The van der Waals surface area contributed by atoms with Gasteiger partial charge in [-0.3, -0.25) is 10.6 Å². The van der Waals surface area contributed by atoms with Crippen molar-refractivity contribution in [3.8, 4) is 5.75 Å². The summed E-state index contributed by atoms with van der Waals surface area (Å²) in [6.45, 7) is 4.98. The van der Waals surface area contributed by atoms with Crippen LogP contribution in [0.15, 0.2) is 23.2 Å². The zero-order valence-electron chi connectivity index (χ0n) is 16.1. The molecule has 0 radical (unpaired) electrons. The molecule has 3 rings (SSSR count). The molecule has 1 heterocycles. The minimum Gasteiger partial charge on any atom is -0.481 e. The zero-order valence-corrected chi connectivity index (χ0v) is 18.5. The number of benzene rings is 1. The van der Waals surface area contributed by atoms with E-state index in [9.17, 15) is 0 Å². The molecule has 0 saturated heterocycles. The largest absolute Gasteiger partial charge is 0.481 e. The van der Waals surface area contributed by atoms with Gasteiger partial charge in [-0.1, -0.05) is 32.3 Å². The van der Waals surface area contributed by atoms with Gasteiger partial charge in [0.05, 0.1) is 6.17 Å². The summed E-state index contributed by atoms with van der Waals surface area (Å²) in [5.74, 6) is 1.36. The quantitative estimate of drug-likeness (QED) is 0.548. The molecule has 5 nitrogen and oxygen atoms in total. The van der Waals surface area contributed by atoms with Crippen molar-refractivity contribution in [3.05, 3.63) is 23.8 Å². The van der Waals surface area contributed by atoms with Crippen LogP contribution in [-0.2, 0) is 6.54 Å². The van der Waals surface area contributed by atoms with Gasteiger partial charge in [-0.15, -0.1) is 37.2 Å². The van der Waals surface area contributed by atoms with Gasteiger partial charge in [0, 0.05) is 12.6 Å². The van der Waals surface area contributed by atoms with Crippen molar-refractivity contribution in [3.63, 3.8) is 0 Å². The van der Waals surface area contributed by atoms with Crippen LogP contribution in [0.25, 0.3) is 0 Å². The number of nitrogens with zero attached hydrogens (tertiary/aromatic N) is 1. The van der Waals surface area contributed by atoms with Gasteiger partial charge in [-0.2, -0.15) is 0 Å². The number of aliphatic imine (C=N–C) groups is 1. The molecule has 1 fully saturated rings. The van der Waals surface area contributed by atoms with Crippen molar-refractivity contribution in [2.75, 3.05) is 0 Å². The Morgan fingerprint density at radius 2 is 1.93 bits per heavy atom. The highest BCUT2D eigenvalue weighted by atomic mass is 35.5. The number of hydrogen-bond donors (Lipinski definition) is 3. The average Bonchev–Trinajstić information content (AvgIpc) is 3.07. The lowest BCUT2D eigenvalue weighted by molar-refractivity contribution is 0.281. The molecule has 2 atom stereocenters. The Hall–Kier alpha value is -0.720. The maximum atomic E-state index is 5.90. The van der Waals surface area contributed by atoms with Crippen molar-refractivity contribution in [2.45, 2.75) is 77.2 Å². The number of rotatable bonds is 7. The first-order chi connectivity index (χ1) is 11.7. The highest BCUT2D eigenvalue weighted by molar-refractivity contribution is 5.89. The zero-order chi connectivity index (χ0) is 16.9. The Balaban J connectivity index is 0.00000225. The predicted octanol–water partition coefficient (Wildman–Crippen LogP) is 4.47. The van der Waals surface area contributed by atoms with E-state index in [4.69, 9.17) is 10.5 Å². The molecule has 156 valence electrons. The van der Waals surface area contributed by atoms with E-state index in [0.717, 1.165) is 24.4 Å². The second-order valence-electron chi connectivity index (χ2n) is 6.97. The number of nitrogens with two attached hydrogens (primary N) is 1. The number of ether oxygens (including phenoxy) is 1. The van der Waals surface area contributed by atoms with Crippen molar-refractivity contribution in [1.82, 2.24) is 10.6 Å². The van der Waals surface area contributed by atoms with Crippen LogP contribution >= 0.6 is 37.2 Å². The molecule has 0 bridgehead atoms. The van der Waals surface area contributed by atoms with E-state index in [2.05, 4.69) is 34.7 Å². The molecule has 1 aromatic carbocycles. The van der Waals surface area contributed by atoms with Gasteiger partial charge in [0.25, 0.3) is 0 Å². The summed E-state index contributed by atoms with van der Waals surface area (Å²) in [4.78, 5) is 4.46. The van der Waals surface area contributed by atoms with Gasteiger partial charge in [0.1, 0.15) is 17.3 Å². The van der Waals surface area contributed by atoms with Gasteiger partial charge >= 0.3 is 0 Å². The Morgan fingerprint density at radius 1 is 1.22 bits per heavy atom. The lowest BCUT2D eigenvalue weighted by Crippen LogP contribution is -2.46. The van der Waals surface area contributed by atoms with E-state index >= 15 is 0 Å². The Bertz CT molecular complexity index is 594. The van der Waals surface area contributed by atoms with Crippen LogP contribution in [0.4, 0.5) is 5.69 Å². The highest BCUT2D eigenvalue weighted by Crippen LogP contribution is 2.32. The number of amidine groups is 1. The summed E-state index contributed by atoms with van der Waals surface area (Å²) >= 11 is 0. The average molecular weight is 440 g/mol. The van der Waals surface area contributed by atoms with E-state index in [1.54, 1.807) is 0 Å². The van der Waals surface area contributed by atoms with Gasteiger partial charge in [0.2, 0.25) is 0 Å². The van der Waals surface area contributed by atoms with Crippen LogP contribution in [0.2, 0.25) is 0 Å². The second-order valence-corrected chi connectivity index (χ2v) is 6.97. The van der Waals surface area contributed by atoms with E-state index < -0.39 is 0 Å². The smallest absolute Gasteiger partial charge is 0.153 e. The van der Waals surface area contributed by atoms with Crippen LogP contribution in [0, 0.1) is 0 Å². The maximum absolute atomic E-state index is 5.90. The first kappa shape index (κ1) is 26.3. The number of halogens is 3. The van der Waals surface area contributed by atoms with E-state index in [-0.39, 0.29) is 43.3 Å². The second kappa shape index (κ2) is 12.7. The molecule has 2 aliphatic rings. The third-order valence-corrected chi connectivity index (χ3v) is 4.92. The minimum absolute atomic E-state index is 0. The van der Waals surface area contributed by atoms with Crippen LogP contribution in [0.3, 0.4) is 0 Å². The Kier molecular flexibility index (Phi) is 12.3. The molecular formula is C19H33Cl3N4O. The molecule has 4 N–H and O–H groups in total. The summed E-state index contributed by atoms with van der Waals surface area (Å²) in [5.41, 5.74) is 7.94. The van der Waals surface area contributed by atoms with E-state index in [0.29, 0.717) is 18.0 Å². The lowest BCUT2D eigenvalue weighted by Gasteiger charge is -2.25. The predicted molar refractivity (Wildman–Crippen MR) is 120 cm³/mol. The third kappa shape index (κ3) is 7.31. The molecule has 27 heavy (non-hydrogen) atoms. The first-order valence-corrected chi connectivity index (χ1v) is 9.28. The van der Waals surface area contributed by atoms with E-state index in [1.165, 1.54) is 37.7 Å². The van der Waals surface area contributed by atoms with Crippen LogP contribution in [0.1, 0.15) is 57.9 Å². The van der Waals surface area contributed by atoms with Crippen molar-refractivity contribution < 1.29 is 4.74 Å². The monoisotopic (exact) mass is 438 g/mol. The summed E-state index contributed by atoms with van der Waals surface area (Å²) in [5, 5.41) is 7.44. The van der Waals surface area contributed by atoms with E-state index in [1.807, 2.05) is 13.0 Å². The molecule has 8 heteroatoms. The maximum Gasteiger partial charge on any atom is 0.153 e. The summed E-state index contributed by atoms with van der Waals surface area (Å²) in [7, 11) is 0. The van der Waals surface area contributed by atoms with Crippen LogP contribution < -0.4 is 21.1 Å². The highest BCUT2D eigenvalue weighted by Gasteiger charge is 2.20. The third-order valence-electron chi connectivity index (χ3n) is 4.92. The van der Waals surface area contributed by atoms with Gasteiger partial charge in [-0.05, 0) is 43.9 Å². The summed E-state index contributed by atoms with van der Waals surface area (Å²) in [6, 6.07) is 6.85. The van der Waals surface area contributed by atoms with Crippen molar-refractivity contribution >= 4 is 48.7 Å². The lowest BCUT2D eigenvalue weighted by atomic mass is 10.1. The summed E-state index contributed by atoms with van der Waals surface area (Å²) < 4.78 is 5.76. The number of nitrogens with one attached hydrogen (secondary N) is 2. The molecule has 1 aromatic rings. The first-order valence-electron chi connectivity index (χ1n) is 9.28. The van der Waals surface area contributed by atoms with Gasteiger partial charge in [-0.25, -0.2) is 4.99 Å². The normalized spacial score (nSPS) is 19.5. The van der Waals surface area contributed by atoms with Gasteiger partial charge < -0.3 is 10.5 Å². The molecule has 2 unspecified atom stereocenters. The van der Waals surface area contributed by atoms with Crippen LogP contribution in [-0.4, -0.2) is 24.1 Å². The molecule has 1 aliphatic heterocycles. The fourth-order valence-corrected chi connectivity index (χ4v) is 3.49. The van der Waals surface area contributed by atoms with Crippen LogP contribution in [0.5, 0.6) is 5.75 Å². The number of fused-ring (bicyclic) bond motifs is 1. The SMILES string of the molecule is CCCC(NCc1ccc2c(c1)N=C(N)C(C)O2)NC1CCCC1.Cl.Cl.Cl. The Labute approximate surface area is 181 Å². The topological polar surface area (TPSA) is 71.7 Å². The number of hydrogen-bond acceptors (Lipinski definition) is 5. The molecule has 0 spiro atoms. The molecule has 0 aromatic heterocycles.